The molecular formula is C19H23NO. The van der Waals surface area contributed by atoms with Gasteiger partial charge in [-0.1, -0.05) is 50.1 Å². The van der Waals surface area contributed by atoms with E-state index >= 15 is 0 Å². The van der Waals surface area contributed by atoms with Crippen LogP contribution in [0.5, 0.6) is 11.5 Å². The van der Waals surface area contributed by atoms with Crippen LogP contribution in [-0.4, -0.2) is 6.04 Å². The summed E-state index contributed by atoms with van der Waals surface area (Å²) in [6.45, 7) is 2.35. The van der Waals surface area contributed by atoms with E-state index in [4.69, 9.17) is 4.74 Å². The maximum absolute atomic E-state index is 6.02. The molecule has 2 nitrogen and oxygen atoms in total. The van der Waals surface area contributed by atoms with Crippen molar-refractivity contribution >= 4 is 5.69 Å². The lowest BCUT2D eigenvalue weighted by Gasteiger charge is -2.29. The average molecular weight is 281 g/mol. The molecule has 2 unspecified atom stereocenters. The van der Waals surface area contributed by atoms with Gasteiger partial charge in [0.25, 0.3) is 0 Å². The second kappa shape index (κ2) is 6.66. The summed E-state index contributed by atoms with van der Waals surface area (Å²) in [5, 5.41) is 3.68. The molecule has 2 heteroatoms. The smallest absolute Gasteiger partial charge is 0.150 e. The lowest BCUT2D eigenvalue weighted by Crippen LogP contribution is -2.26. The van der Waals surface area contributed by atoms with Crippen molar-refractivity contribution in [1.29, 1.82) is 0 Å². The number of benzene rings is 2. The second-order valence-electron chi connectivity index (χ2n) is 6.02. The third kappa shape index (κ3) is 3.78. The second-order valence-corrected chi connectivity index (χ2v) is 6.02. The van der Waals surface area contributed by atoms with Crippen molar-refractivity contribution in [3.8, 4) is 11.5 Å². The van der Waals surface area contributed by atoms with Crippen LogP contribution in [0.2, 0.25) is 0 Å². The van der Waals surface area contributed by atoms with Crippen molar-refractivity contribution in [2.24, 2.45) is 5.92 Å². The van der Waals surface area contributed by atoms with E-state index in [2.05, 4.69) is 24.4 Å². The van der Waals surface area contributed by atoms with Gasteiger partial charge in [-0.05, 0) is 43.0 Å². The van der Waals surface area contributed by atoms with Gasteiger partial charge in [0, 0.05) is 6.04 Å². The zero-order valence-corrected chi connectivity index (χ0v) is 12.6. The maximum atomic E-state index is 6.02. The molecule has 110 valence electrons. The van der Waals surface area contributed by atoms with Crippen molar-refractivity contribution in [2.75, 3.05) is 5.32 Å². The Balaban J connectivity index is 1.73. The summed E-state index contributed by atoms with van der Waals surface area (Å²) in [6.07, 6.45) is 5.19. The molecule has 0 radical (unpaired) electrons. The molecule has 21 heavy (non-hydrogen) atoms. The Morgan fingerprint density at radius 2 is 1.71 bits per heavy atom. The van der Waals surface area contributed by atoms with Crippen LogP contribution in [0.15, 0.2) is 54.6 Å². The summed E-state index contributed by atoms with van der Waals surface area (Å²) in [7, 11) is 0. The molecule has 0 bridgehead atoms. The van der Waals surface area contributed by atoms with E-state index < -0.39 is 0 Å². The Morgan fingerprint density at radius 1 is 0.952 bits per heavy atom. The highest BCUT2D eigenvalue weighted by molar-refractivity contribution is 5.58. The Morgan fingerprint density at radius 3 is 2.52 bits per heavy atom. The largest absolute Gasteiger partial charge is 0.455 e. The first-order valence-corrected chi connectivity index (χ1v) is 7.90. The Kier molecular flexibility index (Phi) is 4.44. The average Bonchev–Trinajstić information content (AvgIpc) is 2.50. The zero-order valence-electron chi connectivity index (χ0n) is 12.6. The molecule has 1 aliphatic rings. The molecule has 0 spiro atoms. The SMILES string of the molecule is CC1CCCC(Nc2ccccc2Oc2ccccc2)C1. The predicted molar refractivity (Wildman–Crippen MR) is 88.0 cm³/mol. The molecule has 2 aromatic carbocycles. The van der Waals surface area contributed by atoms with E-state index in [1.807, 2.05) is 42.5 Å². The Labute approximate surface area is 127 Å². The molecule has 0 aliphatic heterocycles. The first kappa shape index (κ1) is 14.0. The molecule has 1 fully saturated rings. The summed E-state index contributed by atoms with van der Waals surface area (Å²) < 4.78 is 6.02. The molecule has 3 rings (SSSR count). The molecule has 0 aromatic heterocycles. The third-order valence-corrected chi connectivity index (χ3v) is 4.15. The van der Waals surface area contributed by atoms with Crippen molar-refractivity contribution < 1.29 is 4.74 Å². The van der Waals surface area contributed by atoms with E-state index in [0.717, 1.165) is 23.1 Å². The first-order chi connectivity index (χ1) is 10.3. The van der Waals surface area contributed by atoms with Crippen LogP contribution in [0.4, 0.5) is 5.69 Å². The van der Waals surface area contributed by atoms with E-state index in [1.54, 1.807) is 0 Å². The van der Waals surface area contributed by atoms with Crippen LogP contribution in [0.25, 0.3) is 0 Å². The van der Waals surface area contributed by atoms with Crippen LogP contribution < -0.4 is 10.1 Å². The van der Waals surface area contributed by atoms with E-state index in [1.165, 1.54) is 25.7 Å². The normalized spacial score (nSPS) is 21.8. The highest BCUT2D eigenvalue weighted by Crippen LogP contribution is 2.32. The number of para-hydroxylation sites is 3. The number of hydrogen-bond donors (Lipinski definition) is 1. The van der Waals surface area contributed by atoms with Crippen molar-refractivity contribution in [1.82, 2.24) is 0 Å². The fourth-order valence-corrected chi connectivity index (χ4v) is 3.08. The minimum Gasteiger partial charge on any atom is -0.455 e. The van der Waals surface area contributed by atoms with Crippen LogP contribution in [-0.2, 0) is 0 Å². The molecular weight excluding hydrogens is 258 g/mol. The molecule has 1 saturated carbocycles. The van der Waals surface area contributed by atoms with Gasteiger partial charge in [-0.3, -0.25) is 0 Å². The minimum atomic E-state index is 0.564. The van der Waals surface area contributed by atoms with Gasteiger partial charge in [-0.25, -0.2) is 0 Å². The van der Waals surface area contributed by atoms with Gasteiger partial charge in [0.1, 0.15) is 5.75 Å². The Bertz CT molecular complexity index is 567. The molecule has 0 heterocycles. The standard InChI is InChI=1S/C19H23NO/c1-15-8-7-9-16(14-15)20-18-12-5-6-13-19(18)21-17-10-3-2-4-11-17/h2-6,10-13,15-16,20H,7-9,14H2,1H3. The van der Waals surface area contributed by atoms with Gasteiger partial charge in [0.05, 0.1) is 5.69 Å². The van der Waals surface area contributed by atoms with Gasteiger partial charge >= 0.3 is 0 Å². The number of ether oxygens (including phenoxy) is 1. The van der Waals surface area contributed by atoms with Gasteiger partial charge in [-0.15, -0.1) is 0 Å². The molecule has 1 aliphatic carbocycles. The van der Waals surface area contributed by atoms with Gasteiger partial charge < -0.3 is 10.1 Å². The number of rotatable bonds is 4. The Hall–Kier alpha value is -1.96. The fourth-order valence-electron chi connectivity index (χ4n) is 3.08. The summed E-state index contributed by atoms with van der Waals surface area (Å²) in [5.41, 5.74) is 1.10. The monoisotopic (exact) mass is 281 g/mol. The fraction of sp³-hybridized carbons (Fsp3) is 0.368. The van der Waals surface area contributed by atoms with Gasteiger partial charge in [-0.2, -0.15) is 0 Å². The number of hydrogen-bond acceptors (Lipinski definition) is 2. The van der Waals surface area contributed by atoms with Crippen LogP contribution >= 0.6 is 0 Å². The lowest BCUT2D eigenvalue weighted by atomic mass is 9.87. The molecule has 0 amide bonds. The predicted octanol–water partition coefficient (Wildman–Crippen LogP) is 5.47. The summed E-state index contributed by atoms with van der Waals surface area (Å²) >= 11 is 0. The number of nitrogens with one attached hydrogen (secondary N) is 1. The van der Waals surface area contributed by atoms with Crippen molar-refractivity contribution in [3.63, 3.8) is 0 Å². The van der Waals surface area contributed by atoms with Crippen molar-refractivity contribution in [2.45, 2.75) is 38.6 Å². The van der Waals surface area contributed by atoms with Crippen LogP contribution in [0.1, 0.15) is 32.6 Å². The zero-order chi connectivity index (χ0) is 14.5. The van der Waals surface area contributed by atoms with E-state index in [9.17, 15) is 0 Å². The third-order valence-electron chi connectivity index (χ3n) is 4.15. The summed E-state index contributed by atoms with van der Waals surface area (Å²) in [4.78, 5) is 0. The van der Waals surface area contributed by atoms with Gasteiger partial charge in [0.2, 0.25) is 0 Å². The summed E-state index contributed by atoms with van der Waals surface area (Å²) in [6, 6.07) is 18.7. The molecule has 2 atom stereocenters. The van der Waals surface area contributed by atoms with E-state index in [0.29, 0.717) is 6.04 Å². The summed E-state index contributed by atoms with van der Waals surface area (Å²) in [5.74, 6) is 2.60. The quantitative estimate of drug-likeness (QED) is 0.802. The molecule has 2 aromatic rings. The van der Waals surface area contributed by atoms with Gasteiger partial charge in [0.15, 0.2) is 5.75 Å². The maximum Gasteiger partial charge on any atom is 0.150 e. The lowest BCUT2D eigenvalue weighted by molar-refractivity contribution is 0.358. The first-order valence-electron chi connectivity index (χ1n) is 7.90. The topological polar surface area (TPSA) is 21.3 Å². The minimum absolute atomic E-state index is 0.564. The number of anilines is 1. The van der Waals surface area contributed by atoms with Crippen LogP contribution in [0.3, 0.4) is 0 Å². The molecule has 0 saturated heterocycles. The highest BCUT2D eigenvalue weighted by atomic mass is 16.5. The van der Waals surface area contributed by atoms with E-state index in [-0.39, 0.29) is 0 Å². The molecule has 1 N–H and O–H groups in total. The van der Waals surface area contributed by atoms with Crippen molar-refractivity contribution in [3.05, 3.63) is 54.6 Å². The highest BCUT2D eigenvalue weighted by Gasteiger charge is 2.19. The van der Waals surface area contributed by atoms with Crippen LogP contribution in [0, 0.1) is 5.92 Å².